The summed E-state index contributed by atoms with van der Waals surface area (Å²) in [6, 6.07) is 28.3. The minimum atomic E-state index is -0.504. The van der Waals surface area contributed by atoms with Crippen LogP contribution in [0, 0.1) is 74.3 Å². The van der Waals surface area contributed by atoms with Gasteiger partial charge < -0.3 is 58.9 Å². The van der Waals surface area contributed by atoms with Gasteiger partial charge in [-0.25, -0.2) is 14.4 Å². The molecule has 5 saturated carbocycles. The first-order chi connectivity index (χ1) is 40.7. The number of amides is 1. The van der Waals surface area contributed by atoms with Crippen molar-refractivity contribution >= 4 is 57.5 Å². The van der Waals surface area contributed by atoms with Gasteiger partial charge in [-0.15, -0.1) is 0 Å². The van der Waals surface area contributed by atoms with Crippen LogP contribution in [0.5, 0.6) is 0 Å². The number of likely N-dealkylation sites (N-methyl/N-ethyl adjacent to an activating group) is 1. The number of nitrogens with one attached hydrogen (secondary N) is 2. The van der Waals surface area contributed by atoms with Crippen molar-refractivity contribution < 1.29 is 62.1 Å². The second-order valence-corrected chi connectivity index (χ2v) is 24.9. The van der Waals surface area contributed by atoms with Crippen molar-refractivity contribution in [2.24, 2.45) is 56.7 Å². The van der Waals surface area contributed by atoms with Gasteiger partial charge in [-0.2, -0.15) is 0 Å². The normalized spacial score (nSPS) is 30.3. The van der Waals surface area contributed by atoms with Crippen molar-refractivity contribution in [1.29, 1.82) is 0 Å². The van der Waals surface area contributed by atoms with E-state index in [-0.39, 0.29) is 45.7 Å². The third kappa shape index (κ3) is 13.5. The number of fused-ring (bicyclic) bond motifs is 6. The fourth-order valence-electron chi connectivity index (χ4n) is 11.9. The average molecular weight is 1170 g/mol. The van der Waals surface area contributed by atoms with Crippen molar-refractivity contribution in [3.8, 4) is 11.8 Å². The summed E-state index contributed by atoms with van der Waals surface area (Å²) >= 11 is 5.94. The fraction of sp³-hybridized carbons (Fsp3) is 0.492. The second-order valence-electron chi connectivity index (χ2n) is 24.5. The average Bonchev–Trinajstić information content (AvgIpc) is 3.04. The summed E-state index contributed by atoms with van der Waals surface area (Å²) in [6.45, 7) is 9.68. The monoisotopic (exact) mass is 1170 g/mol. The molecule has 0 spiro atoms. The number of halogens is 2. The number of ether oxygens (including phenoxy) is 7. The predicted octanol–water partition coefficient (Wildman–Crippen LogP) is 8.17. The molecule has 5 aromatic rings. The highest BCUT2D eigenvalue weighted by molar-refractivity contribution is 6.31. The maximum atomic E-state index is 13.6. The number of anilines is 3. The molecule has 5 aliphatic heterocycles. The minimum Gasteiger partial charge on any atom is -0.465 e. The molecule has 1 amide bonds. The maximum absolute atomic E-state index is 13.6. The first kappa shape index (κ1) is 59.4. The van der Waals surface area contributed by atoms with Gasteiger partial charge >= 0.3 is 11.9 Å². The molecule has 10 fully saturated rings. The van der Waals surface area contributed by atoms with E-state index in [2.05, 4.69) is 56.7 Å². The van der Waals surface area contributed by atoms with E-state index in [0.29, 0.717) is 109 Å². The number of benzene rings is 4. The van der Waals surface area contributed by atoms with E-state index in [4.69, 9.17) is 55.0 Å². The lowest BCUT2D eigenvalue weighted by Gasteiger charge is -2.12. The third-order valence-electron chi connectivity index (χ3n) is 18.1. The Kier molecular flexibility index (Phi) is 17.9. The van der Waals surface area contributed by atoms with Crippen molar-refractivity contribution in [1.82, 2.24) is 14.9 Å². The zero-order valence-corrected chi connectivity index (χ0v) is 48.3. The lowest BCUT2D eigenvalue weighted by atomic mass is 10.0. The standard InChI is InChI=1S/C27H25ClFN5O2.C13H14O3.C13H16O2.C6H8O3.C6H10O2/c1-34(2)9-3-4-25(35)33-23-12-20-24(10-17(23)7-8-27-13-18(27)14-36-15-27)30-16-31-26(20)32-19-5-6-22(29)21(28)11-19;14-12-13(6-11(13)8-16-12)9-15-7-10-4-2-1-3-5-10;1-2-4-11(5-3-1)7-14-9-13-6-12(13)8-15-10-13;7-3-6-1-4(6)2-9-5(6)8;7-3-6-1-5(6)2-8-4-6/h3-6,10-12,16,18H,9,13-15H2,1-2H3,(H,33,35)(H,30,31,32);1-5,11H,6-9H2;1-5,12H,6-10H2;4,7H,1-3H2;5,7H,1-4H2/b4-3+;;;;. The predicted molar refractivity (Wildman–Crippen MR) is 311 cm³/mol. The number of esters is 2. The molecule has 10 atom stereocenters. The molecule has 0 radical (unpaired) electrons. The molecule has 4 aromatic carbocycles. The zero-order valence-electron chi connectivity index (χ0n) is 47.5. The van der Waals surface area contributed by atoms with E-state index in [1.54, 1.807) is 18.2 Å². The number of cyclic esters (lactones) is 2. The SMILES string of the molecule is CN(C)C/C=C/C(=O)Nc1cc2c(Nc3ccc(F)c(Cl)c3)ncnc2cc1C#CC12COCC1C2.O=C1OCC2CC12CO.O=C1OCC2CC12COCc1ccccc1.OCC12COCC1C2.c1ccc(COCC23COCC2C3)cc1. The van der Waals surface area contributed by atoms with Crippen LogP contribution in [0.1, 0.15) is 48.8 Å². The highest BCUT2D eigenvalue weighted by atomic mass is 35.5. The molecule has 1 aromatic heterocycles. The van der Waals surface area contributed by atoms with Crippen LogP contribution >= 0.6 is 11.6 Å². The summed E-state index contributed by atoms with van der Waals surface area (Å²) in [6.07, 6.45) is 10.1. The number of carbonyl (C=O) groups excluding carboxylic acids is 3. The molecule has 15 rings (SSSR count). The van der Waals surface area contributed by atoms with Crippen molar-refractivity contribution in [2.75, 3.05) is 111 Å². The Bertz CT molecular complexity index is 3290. The van der Waals surface area contributed by atoms with Crippen molar-refractivity contribution in [3.63, 3.8) is 0 Å². The highest BCUT2D eigenvalue weighted by Crippen LogP contribution is 2.60. The van der Waals surface area contributed by atoms with Gasteiger partial charge in [0.2, 0.25) is 5.91 Å². The lowest BCUT2D eigenvalue weighted by Crippen LogP contribution is -2.20. The van der Waals surface area contributed by atoms with E-state index in [0.717, 1.165) is 77.0 Å². The van der Waals surface area contributed by atoms with Gasteiger partial charge in [-0.05, 0) is 99.5 Å². The van der Waals surface area contributed by atoms with Crippen molar-refractivity contribution in [2.45, 2.75) is 45.3 Å². The molecule has 10 aliphatic rings. The van der Waals surface area contributed by atoms with Gasteiger partial charge in [-0.3, -0.25) is 14.4 Å². The Morgan fingerprint density at radius 1 is 0.738 bits per heavy atom. The fourth-order valence-corrected chi connectivity index (χ4v) is 12.0. The summed E-state index contributed by atoms with van der Waals surface area (Å²) in [5.74, 6) is 8.84. The van der Waals surface area contributed by atoms with Gasteiger partial charge in [0.15, 0.2) is 0 Å². The van der Waals surface area contributed by atoms with Crippen LogP contribution in [0.25, 0.3) is 10.9 Å². The maximum Gasteiger partial charge on any atom is 0.314 e. The van der Waals surface area contributed by atoms with Crippen LogP contribution in [0.4, 0.5) is 21.6 Å². The third-order valence-corrected chi connectivity index (χ3v) is 18.4. The summed E-state index contributed by atoms with van der Waals surface area (Å²) in [7, 11) is 3.86. The Morgan fingerprint density at radius 2 is 1.37 bits per heavy atom. The number of aromatic nitrogens is 2. The van der Waals surface area contributed by atoms with Crippen LogP contribution in [-0.2, 0) is 60.8 Å². The van der Waals surface area contributed by atoms with Gasteiger partial charge in [0.05, 0.1) is 131 Å². The number of aliphatic hydroxyl groups is 2. The Labute approximate surface area is 493 Å². The lowest BCUT2D eigenvalue weighted by molar-refractivity contribution is -0.147. The molecule has 10 unspecified atom stereocenters. The van der Waals surface area contributed by atoms with E-state index in [1.165, 1.54) is 42.9 Å². The Morgan fingerprint density at radius 3 is 1.88 bits per heavy atom. The second kappa shape index (κ2) is 25.3. The molecule has 0 bridgehead atoms. The molecule has 17 nitrogen and oxygen atoms in total. The largest absolute Gasteiger partial charge is 0.465 e. The number of nitrogens with zero attached hydrogens (tertiary/aromatic N) is 3. The van der Waals surface area contributed by atoms with E-state index in [1.807, 2.05) is 61.5 Å². The summed E-state index contributed by atoms with van der Waals surface area (Å²) in [4.78, 5) is 45.7. The quantitative estimate of drug-likeness (QED) is 0.0417. The highest BCUT2D eigenvalue weighted by Gasteiger charge is 2.67. The summed E-state index contributed by atoms with van der Waals surface area (Å²) < 4.78 is 50.8. The number of carbonyl (C=O) groups is 3. The molecule has 444 valence electrons. The molecule has 5 aliphatic carbocycles. The number of hydrogen-bond acceptors (Lipinski definition) is 16. The number of rotatable bonds is 16. The van der Waals surface area contributed by atoms with E-state index < -0.39 is 11.2 Å². The van der Waals surface area contributed by atoms with Gasteiger partial charge in [-0.1, -0.05) is 90.2 Å². The van der Waals surface area contributed by atoms with Crippen LogP contribution in [-0.4, -0.2) is 143 Å². The molecule has 84 heavy (non-hydrogen) atoms. The minimum absolute atomic E-state index is 0.00188. The van der Waals surface area contributed by atoms with Gasteiger partial charge in [0, 0.05) is 52.3 Å². The topological polar surface area (TPSA) is 209 Å². The molecule has 19 heteroatoms. The number of hydrogen-bond donors (Lipinski definition) is 4. The first-order valence-electron chi connectivity index (χ1n) is 28.9. The summed E-state index contributed by atoms with van der Waals surface area (Å²) in [5, 5.41) is 24.3. The molecular formula is C65H73ClFN5O12. The van der Waals surface area contributed by atoms with E-state index in [9.17, 15) is 18.8 Å². The molecular weight excluding hydrogens is 1100 g/mol. The first-order valence-corrected chi connectivity index (χ1v) is 29.3. The number of aliphatic hydroxyl groups excluding tert-OH is 2. The van der Waals surface area contributed by atoms with Gasteiger partial charge in [0.1, 0.15) is 18.0 Å². The molecule has 5 saturated heterocycles. The molecule has 4 N–H and O–H groups in total. The zero-order chi connectivity index (χ0) is 58.5. The van der Waals surface area contributed by atoms with Crippen LogP contribution in [0.15, 0.2) is 109 Å². The van der Waals surface area contributed by atoms with Crippen LogP contribution < -0.4 is 10.6 Å². The van der Waals surface area contributed by atoms with E-state index >= 15 is 0 Å². The van der Waals surface area contributed by atoms with Crippen LogP contribution in [0.3, 0.4) is 0 Å². The smallest absolute Gasteiger partial charge is 0.314 e. The summed E-state index contributed by atoms with van der Waals surface area (Å²) in [5.41, 5.74) is 4.66. The van der Waals surface area contributed by atoms with Crippen LogP contribution in [0.2, 0.25) is 5.02 Å². The Balaban J connectivity index is 0.000000125. The Hall–Kier alpha value is -6.37. The van der Waals surface area contributed by atoms with Gasteiger partial charge in [0.25, 0.3) is 0 Å². The van der Waals surface area contributed by atoms with Crippen molar-refractivity contribution in [3.05, 3.63) is 137 Å². The molecule has 6 heterocycles.